The van der Waals surface area contributed by atoms with Gasteiger partial charge in [-0.25, -0.2) is 0 Å². The summed E-state index contributed by atoms with van der Waals surface area (Å²) in [5.41, 5.74) is 0.494. The van der Waals surface area contributed by atoms with Crippen LogP contribution in [0, 0.1) is 23.2 Å². The van der Waals surface area contributed by atoms with E-state index in [0.29, 0.717) is 11.5 Å². The topological polar surface area (TPSA) is 38.3 Å². The van der Waals surface area contributed by atoms with E-state index in [-0.39, 0.29) is 12.0 Å². The molecule has 0 spiro atoms. The van der Waals surface area contributed by atoms with Crippen molar-refractivity contribution in [2.75, 3.05) is 18.6 Å². The first-order valence-corrected chi connectivity index (χ1v) is 9.25. The molecule has 4 saturated carbocycles. The van der Waals surface area contributed by atoms with Gasteiger partial charge < -0.3 is 4.74 Å². The third kappa shape index (κ3) is 2.10. The molecule has 4 bridgehead atoms. The van der Waals surface area contributed by atoms with Gasteiger partial charge in [-0.05, 0) is 61.7 Å². The van der Waals surface area contributed by atoms with Crippen molar-refractivity contribution in [1.82, 2.24) is 5.32 Å². The highest BCUT2D eigenvalue weighted by Gasteiger charge is 2.55. The number of ether oxygens (including phenoxy) is 1. The molecule has 0 amide bonds. The number of methoxy groups -OCH3 is 1. The Bertz CT molecular complexity index is 376. The van der Waals surface area contributed by atoms with Crippen LogP contribution in [0.25, 0.3) is 0 Å². The zero-order valence-corrected chi connectivity index (χ0v) is 13.1. The Hall–Kier alpha value is -0.220. The van der Waals surface area contributed by atoms with Gasteiger partial charge in [0, 0.05) is 17.5 Å². The van der Waals surface area contributed by atoms with Gasteiger partial charge >= 0.3 is 5.97 Å². The van der Waals surface area contributed by atoms with Crippen LogP contribution in [0.3, 0.4) is 0 Å². The Morgan fingerprint density at radius 1 is 1.10 bits per heavy atom. The van der Waals surface area contributed by atoms with E-state index >= 15 is 0 Å². The Labute approximate surface area is 125 Å². The second-order valence-corrected chi connectivity index (χ2v) is 8.69. The first kappa shape index (κ1) is 13.4. The molecule has 5 fully saturated rings. The number of hydrogen-bond donors (Lipinski definition) is 1. The third-order valence-corrected chi connectivity index (χ3v) is 7.42. The number of thioether (sulfide) groups is 1. The molecule has 5 aliphatic rings. The van der Waals surface area contributed by atoms with E-state index in [1.54, 1.807) is 0 Å². The summed E-state index contributed by atoms with van der Waals surface area (Å²) in [4.78, 5) is 11.8. The lowest BCUT2D eigenvalue weighted by Crippen LogP contribution is -2.62. The van der Waals surface area contributed by atoms with Gasteiger partial charge in [0.05, 0.1) is 7.11 Å². The minimum atomic E-state index is -0.0863. The van der Waals surface area contributed by atoms with Crippen molar-refractivity contribution in [3.05, 3.63) is 0 Å². The maximum Gasteiger partial charge on any atom is 0.323 e. The normalized spacial score (nSPS) is 50.1. The summed E-state index contributed by atoms with van der Waals surface area (Å²) in [6.07, 6.45) is 8.68. The van der Waals surface area contributed by atoms with Gasteiger partial charge in [0.1, 0.15) is 6.04 Å². The predicted molar refractivity (Wildman–Crippen MR) is 80.7 cm³/mol. The first-order chi connectivity index (χ1) is 9.68. The zero-order chi connectivity index (χ0) is 13.7. The second-order valence-electron chi connectivity index (χ2n) is 7.61. The SMILES string of the molecule is COC(=O)C1CSCC(C23CC4CC(CC(C4)C2)C3)N1. The van der Waals surface area contributed by atoms with E-state index in [0.717, 1.165) is 23.5 Å². The number of carbonyl (C=O) groups is 1. The van der Waals surface area contributed by atoms with Crippen LogP contribution >= 0.6 is 11.8 Å². The lowest BCUT2D eigenvalue weighted by molar-refractivity contribution is -0.143. The van der Waals surface area contributed by atoms with Gasteiger partial charge in [0.2, 0.25) is 0 Å². The first-order valence-electron chi connectivity index (χ1n) is 8.10. The molecule has 2 unspecified atom stereocenters. The van der Waals surface area contributed by atoms with Crippen molar-refractivity contribution in [1.29, 1.82) is 0 Å². The maximum absolute atomic E-state index is 11.8. The highest BCUT2D eigenvalue weighted by Crippen LogP contribution is 2.61. The van der Waals surface area contributed by atoms with Crippen molar-refractivity contribution in [2.45, 2.75) is 50.6 Å². The van der Waals surface area contributed by atoms with Crippen LogP contribution in [0.15, 0.2) is 0 Å². The number of rotatable bonds is 2. The van der Waals surface area contributed by atoms with Crippen molar-refractivity contribution >= 4 is 17.7 Å². The quantitative estimate of drug-likeness (QED) is 0.794. The van der Waals surface area contributed by atoms with Gasteiger partial charge in [0.15, 0.2) is 0 Å². The molecule has 5 rings (SSSR count). The van der Waals surface area contributed by atoms with Crippen LogP contribution in [0.5, 0.6) is 0 Å². The summed E-state index contributed by atoms with van der Waals surface area (Å²) in [7, 11) is 1.50. The number of nitrogens with one attached hydrogen (secondary N) is 1. The number of esters is 1. The maximum atomic E-state index is 11.8. The van der Waals surface area contributed by atoms with Crippen molar-refractivity contribution in [3.63, 3.8) is 0 Å². The van der Waals surface area contributed by atoms with E-state index in [9.17, 15) is 4.79 Å². The molecule has 112 valence electrons. The molecule has 2 atom stereocenters. The van der Waals surface area contributed by atoms with Crippen LogP contribution in [0.2, 0.25) is 0 Å². The molecule has 1 N–H and O–H groups in total. The molecule has 1 aliphatic heterocycles. The lowest BCUT2D eigenvalue weighted by Gasteiger charge is -2.60. The smallest absolute Gasteiger partial charge is 0.323 e. The summed E-state index contributed by atoms with van der Waals surface area (Å²) >= 11 is 1.94. The predicted octanol–water partition coefficient (Wildman–Crippen LogP) is 2.45. The fraction of sp³-hybridized carbons (Fsp3) is 0.938. The Morgan fingerprint density at radius 2 is 1.70 bits per heavy atom. The molecule has 0 aromatic carbocycles. The molecular formula is C16H25NO2S. The molecule has 20 heavy (non-hydrogen) atoms. The Balaban J connectivity index is 1.53. The molecule has 4 heteroatoms. The highest BCUT2D eigenvalue weighted by molar-refractivity contribution is 7.99. The van der Waals surface area contributed by atoms with Gasteiger partial charge in [-0.3, -0.25) is 10.1 Å². The Morgan fingerprint density at radius 3 is 2.25 bits per heavy atom. The molecule has 1 heterocycles. The van der Waals surface area contributed by atoms with E-state index in [1.165, 1.54) is 51.4 Å². The Kier molecular flexibility index (Phi) is 3.30. The molecular weight excluding hydrogens is 270 g/mol. The minimum absolute atomic E-state index is 0.0769. The third-order valence-electron chi connectivity index (χ3n) is 6.28. The lowest BCUT2D eigenvalue weighted by atomic mass is 9.48. The molecule has 0 aromatic heterocycles. The summed E-state index contributed by atoms with van der Waals surface area (Å²) in [6, 6.07) is 0.440. The molecule has 0 radical (unpaired) electrons. The molecule has 4 aliphatic carbocycles. The van der Waals surface area contributed by atoms with E-state index in [2.05, 4.69) is 5.32 Å². The monoisotopic (exact) mass is 295 g/mol. The largest absolute Gasteiger partial charge is 0.468 e. The summed E-state index contributed by atoms with van der Waals surface area (Å²) in [5, 5.41) is 3.67. The van der Waals surface area contributed by atoms with E-state index in [4.69, 9.17) is 4.74 Å². The minimum Gasteiger partial charge on any atom is -0.468 e. The van der Waals surface area contributed by atoms with E-state index < -0.39 is 0 Å². The number of hydrogen-bond acceptors (Lipinski definition) is 4. The summed E-state index contributed by atoms with van der Waals surface area (Å²) in [5.74, 6) is 4.91. The van der Waals surface area contributed by atoms with Crippen molar-refractivity contribution < 1.29 is 9.53 Å². The van der Waals surface area contributed by atoms with E-state index in [1.807, 2.05) is 11.8 Å². The fourth-order valence-corrected chi connectivity index (χ4v) is 7.17. The fourth-order valence-electron chi connectivity index (χ4n) is 5.88. The summed E-state index contributed by atoms with van der Waals surface area (Å²) in [6.45, 7) is 0. The second kappa shape index (κ2) is 4.91. The standard InChI is InChI=1S/C16H25NO2S/c1-19-15(18)13-8-20-9-14(17-13)16-5-10-2-11(6-16)4-12(3-10)7-16/h10-14,17H,2-9H2,1H3. The van der Waals surface area contributed by atoms with Gasteiger partial charge in [-0.2, -0.15) is 11.8 Å². The van der Waals surface area contributed by atoms with Crippen LogP contribution in [-0.2, 0) is 9.53 Å². The average Bonchev–Trinajstić information content (AvgIpc) is 2.45. The molecule has 0 aromatic rings. The van der Waals surface area contributed by atoms with Crippen LogP contribution in [0.1, 0.15) is 38.5 Å². The van der Waals surface area contributed by atoms with Crippen molar-refractivity contribution in [3.8, 4) is 0 Å². The van der Waals surface area contributed by atoms with Gasteiger partial charge in [-0.1, -0.05) is 0 Å². The molecule has 3 nitrogen and oxygen atoms in total. The van der Waals surface area contributed by atoms with Gasteiger partial charge in [-0.15, -0.1) is 0 Å². The van der Waals surface area contributed by atoms with Crippen molar-refractivity contribution in [2.24, 2.45) is 23.2 Å². The van der Waals surface area contributed by atoms with Crippen LogP contribution < -0.4 is 5.32 Å². The van der Waals surface area contributed by atoms with Crippen LogP contribution in [-0.4, -0.2) is 36.7 Å². The summed E-state index contributed by atoms with van der Waals surface area (Å²) < 4.78 is 4.94. The van der Waals surface area contributed by atoms with Crippen LogP contribution in [0.4, 0.5) is 0 Å². The zero-order valence-electron chi connectivity index (χ0n) is 12.3. The highest BCUT2D eigenvalue weighted by atomic mass is 32.2. The average molecular weight is 295 g/mol. The number of carbonyl (C=O) groups excluding carboxylic acids is 1. The molecule has 1 saturated heterocycles. The van der Waals surface area contributed by atoms with Gasteiger partial charge in [0.25, 0.3) is 0 Å².